The number of hydrogen-bond donors (Lipinski definition) is 0. The van der Waals surface area contributed by atoms with E-state index in [1.807, 2.05) is 0 Å². The molecule has 6 heteroatoms. The molecule has 0 N–H and O–H groups in total. The van der Waals surface area contributed by atoms with Gasteiger partial charge in [-0.05, 0) is 113 Å². The summed E-state index contributed by atoms with van der Waals surface area (Å²) in [4.78, 5) is 0. The summed E-state index contributed by atoms with van der Waals surface area (Å²) in [6.45, 7) is 26.5. The van der Waals surface area contributed by atoms with Crippen molar-refractivity contribution < 1.29 is 18.6 Å². The average Bonchev–Trinajstić information content (AvgIpc) is 3.38. The zero-order valence-corrected chi connectivity index (χ0v) is 27.7. The monoisotopic (exact) mass is 558 g/mol. The molecule has 5 rings (SSSR count). The van der Waals surface area contributed by atoms with Crippen LogP contribution in [0.4, 0.5) is 0 Å². The number of benzene rings is 2. The zero-order chi connectivity index (χ0) is 30.2. The van der Waals surface area contributed by atoms with Crippen LogP contribution < -0.4 is 10.9 Å². The van der Waals surface area contributed by atoms with Gasteiger partial charge in [-0.25, -0.2) is 0 Å². The molecule has 2 aliphatic heterocycles. The lowest BCUT2D eigenvalue weighted by Crippen LogP contribution is -2.41. The van der Waals surface area contributed by atoms with E-state index in [0.29, 0.717) is 11.8 Å². The Morgan fingerprint density at radius 2 is 0.878 bits per heavy atom. The highest BCUT2D eigenvalue weighted by Crippen LogP contribution is 2.55. The minimum Gasteiger partial charge on any atom is -0.399 e. The van der Waals surface area contributed by atoms with Crippen LogP contribution in [0.15, 0.2) is 36.4 Å². The molecule has 2 heterocycles. The first kappa shape index (κ1) is 30.9. The van der Waals surface area contributed by atoms with Gasteiger partial charge in [-0.2, -0.15) is 0 Å². The van der Waals surface area contributed by atoms with Crippen molar-refractivity contribution in [3.63, 3.8) is 0 Å². The Bertz CT molecular complexity index is 1170. The van der Waals surface area contributed by atoms with E-state index in [2.05, 4.69) is 119 Å². The second-order valence-corrected chi connectivity index (χ2v) is 15.3. The molecule has 2 atom stereocenters. The summed E-state index contributed by atoms with van der Waals surface area (Å²) in [6, 6.07) is 13.9. The van der Waals surface area contributed by atoms with Crippen molar-refractivity contribution in [2.24, 2.45) is 11.8 Å². The maximum Gasteiger partial charge on any atom is 0.494 e. The van der Waals surface area contributed by atoms with Gasteiger partial charge in [0.1, 0.15) is 0 Å². The van der Waals surface area contributed by atoms with Gasteiger partial charge in [0.05, 0.1) is 22.4 Å². The summed E-state index contributed by atoms with van der Waals surface area (Å²) in [7, 11) is -0.751. The van der Waals surface area contributed by atoms with Crippen molar-refractivity contribution in [2.45, 2.75) is 137 Å². The molecule has 2 unspecified atom stereocenters. The van der Waals surface area contributed by atoms with Gasteiger partial charge in [-0.15, -0.1) is 0 Å². The smallest absolute Gasteiger partial charge is 0.399 e. The minimum absolute atomic E-state index is 0.102. The van der Waals surface area contributed by atoms with Crippen LogP contribution >= 0.6 is 0 Å². The van der Waals surface area contributed by atoms with E-state index in [1.54, 1.807) is 0 Å². The van der Waals surface area contributed by atoms with Gasteiger partial charge in [-0.1, -0.05) is 76.9 Å². The third kappa shape index (κ3) is 5.05. The first-order chi connectivity index (χ1) is 19.0. The predicted octanol–water partition coefficient (Wildman–Crippen LogP) is 7.42. The summed E-state index contributed by atoms with van der Waals surface area (Å²) in [6.07, 6.45) is 4.52. The first-order valence-electron chi connectivity index (χ1n) is 16.0. The topological polar surface area (TPSA) is 36.9 Å². The molecule has 0 spiro atoms. The summed E-state index contributed by atoms with van der Waals surface area (Å²) < 4.78 is 26.1. The zero-order valence-electron chi connectivity index (χ0n) is 27.7. The summed E-state index contributed by atoms with van der Waals surface area (Å²) in [5.74, 6) is 1.16. The van der Waals surface area contributed by atoms with Crippen molar-refractivity contribution in [2.75, 3.05) is 0 Å². The number of rotatable bonds is 8. The highest BCUT2D eigenvalue weighted by molar-refractivity contribution is 6.62. The molecule has 0 aromatic heterocycles. The molecule has 0 bridgehead atoms. The van der Waals surface area contributed by atoms with E-state index in [1.165, 1.54) is 22.3 Å². The molecule has 41 heavy (non-hydrogen) atoms. The maximum atomic E-state index is 6.53. The van der Waals surface area contributed by atoms with E-state index in [0.717, 1.165) is 36.6 Å². The van der Waals surface area contributed by atoms with Crippen LogP contribution in [0.3, 0.4) is 0 Å². The number of hydrogen-bond acceptors (Lipinski definition) is 4. The largest absolute Gasteiger partial charge is 0.494 e. The maximum absolute atomic E-state index is 6.53. The average molecular weight is 558 g/mol. The third-order valence-corrected chi connectivity index (χ3v) is 11.2. The van der Waals surface area contributed by atoms with Crippen molar-refractivity contribution in [1.29, 1.82) is 0 Å². The molecule has 0 saturated carbocycles. The molecule has 0 amide bonds. The lowest BCUT2D eigenvalue weighted by atomic mass is 9.64. The van der Waals surface area contributed by atoms with Crippen molar-refractivity contribution >= 4 is 25.2 Å². The molecule has 2 saturated heterocycles. The lowest BCUT2D eigenvalue weighted by molar-refractivity contribution is 0.00578. The molecule has 2 aromatic rings. The van der Waals surface area contributed by atoms with E-state index in [-0.39, 0.29) is 42.1 Å². The van der Waals surface area contributed by atoms with E-state index in [9.17, 15) is 0 Å². The Kier molecular flexibility index (Phi) is 7.72. The summed E-state index contributed by atoms with van der Waals surface area (Å²) >= 11 is 0. The molecular weight excluding hydrogens is 506 g/mol. The third-order valence-electron chi connectivity index (χ3n) is 11.2. The highest BCUT2D eigenvalue weighted by Gasteiger charge is 2.54. The van der Waals surface area contributed by atoms with Crippen LogP contribution in [0, 0.1) is 11.8 Å². The van der Waals surface area contributed by atoms with Crippen LogP contribution in [-0.2, 0) is 24.0 Å². The summed E-state index contributed by atoms with van der Waals surface area (Å²) in [5.41, 5.74) is 6.15. The lowest BCUT2D eigenvalue weighted by Gasteiger charge is -2.37. The highest BCUT2D eigenvalue weighted by atomic mass is 16.7. The fourth-order valence-corrected chi connectivity index (χ4v) is 6.78. The molecular formula is C35H52B2O4. The quantitative estimate of drug-likeness (QED) is 0.316. The van der Waals surface area contributed by atoms with Crippen LogP contribution in [0.2, 0.25) is 0 Å². The second-order valence-electron chi connectivity index (χ2n) is 15.3. The molecule has 222 valence electrons. The van der Waals surface area contributed by atoms with Crippen molar-refractivity contribution in [3.05, 3.63) is 47.5 Å². The van der Waals surface area contributed by atoms with Crippen LogP contribution in [0.5, 0.6) is 0 Å². The van der Waals surface area contributed by atoms with Crippen LogP contribution in [0.25, 0.3) is 11.1 Å². The predicted molar refractivity (Wildman–Crippen MR) is 172 cm³/mol. The Hall–Kier alpha value is -1.59. The van der Waals surface area contributed by atoms with Gasteiger partial charge in [0, 0.05) is 5.41 Å². The Morgan fingerprint density at radius 1 is 0.561 bits per heavy atom. The van der Waals surface area contributed by atoms with Crippen LogP contribution in [-0.4, -0.2) is 36.6 Å². The van der Waals surface area contributed by atoms with Gasteiger partial charge < -0.3 is 18.6 Å². The Morgan fingerprint density at radius 3 is 1.17 bits per heavy atom. The first-order valence-corrected chi connectivity index (χ1v) is 16.0. The van der Waals surface area contributed by atoms with Crippen molar-refractivity contribution in [1.82, 2.24) is 0 Å². The van der Waals surface area contributed by atoms with Gasteiger partial charge in [0.15, 0.2) is 0 Å². The van der Waals surface area contributed by atoms with Gasteiger partial charge >= 0.3 is 14.2 Å². The Labute approximate surface area is 250 Å². The normalized spacial score (nSPS) is 24.3. The number of fused-ring (bicyclic) bond motifs is 3. The fraction of sp³-hybridized carbons (Fsp3) is 0.657. The molecule has 2 aromatic carbocycles. The second kappa shape index (κ2) is 10.3. The Balaban J connectivity index is 1.66. The van der Waals surface area contributed by atoms with E-state index in [4.69, 9.17) is 18.6 Å². The van der Waals surface area contributed by atoms with Gasteiger partial charge in [0.25, 0.3) is 0 Å². The molecule has 4 nitrogen and oxygen atoms in total. The minimum atomic E-state index is -0.376. The van der Waals surface area contributed by atoms with Crippen molar-refractivity contribution in [3.8, 4) is 11.1 Å². The van der Waals surface area contributed by atoms with Crippen LogP contribution in [0.1, 0.15) is 120 Å². The van der Waals surface area contributed by atoms with Gasteiger partial charge in [-0.3, -0.25) is 0 Å². The molecule has 3 aliphatic rings. The van der Waals surface area contributed by atoms with E-state index >= 15 is 0 Å². The molecule has 1 aliphatic carbocycles. The van der Waals surface area contributed by atoms with E-state index < -0.39 is 0 Å². The fourth-order valence-electron chi connectivity index (χ4n) is 6.78. The standard InChI is InChI=1S/C35H52B2O4/c1-13-23(3)21-35(22-24(4)14-2)29-19-25(36-38-31(5,6)32(7,8)39-36)15-17-27(29)28-18-16-26(20-30(28)35)37-40-33(9,10)34(11,12)41-37/h15-20,23-24H,13-14,21-22H2,1-12H3. The summed E-state index contributed by atoms with van der Waals surface area (Å²) in [5, 5.41) is 0. The van der Waals surface area contributed by atoms with Gasteiger partial charge in [0.2, 0.25) is 0 Å². The molecule has 0 radical (unpaired) electrons. The SMILES string of the molecule is CCC(C)CC1(CC(C)CC)c2cc(B3OC(C)(C)C(C)(C)O3)ccc2-c2ccc(B3OC(C)(C)C(C)(C)O3)cc21. The molecule has 2 fully saturated rings.